The van der Waals surface area contributed by atoms with Crippen molar-refractivity contribution in [1.29, 1.82) is 0 Å². The lowest BCUT2D eigenvalue weighted by Gasteiger charge is -2.42. The molecule has 1 fully saturated rings. The molecule has 1 aliphatic heterocycles. The number of anilines is 1. The highest BCUT2D eigenvalue weighted by atomic mass is 16.3. The fraction of sp³-hybridized carbons (Fsp3) is 0.308. The zero-order chi connectivity index (χ0) is 23.5. The Hall–Kier alpha value is -3.78. The largest absolute Gasteiger partial charge is 0.386 e. The molecule has 0 saturated carbocycles. The molecule has 0 spiro atoms. The van der Waals surface area contributed by atoms with Gasteiger partial charge in [-0.1, -0.05) is 12.1 Å². The molecular weight excluding hydrogens is 428 g/mol. The lowest BCUT2D eigenvalue weighted by atomic mass is 9.91. The number of aromatic nitrogens is 4. The van der Waals surface area contributed by atoms with Crippen molar-refractivity contribution in [2.75, 3.05) is 31.6 Å². The summed E-state index contributed by atoms with van der Waals surface area (Å²) in [7, 11) is 1.75. The van der Waals surface area contributed by atoms with Gasteiger partial charge in [0.15, 0.2) is 0 Å². The molecule has 0 unspecified atom stereocenters. The molecule has 34 heavy (non-hydrogen) atoms. The number of nitrogens with zero attached hydrogens (tertiary/aromatic N) is 6. The van der Waals surface area contributed by atoms with Crippen molar-refractivity contribution >= 4 is 22.5 Å². The Morgan fingerprint density at radius 1 is 1.15 bits per heavy atom. The molecule has 1 aromatic carbocycles. The highest BCUT2D eigenvalue weighted by molar-refractivity contribution is 5.94. The predicted molar refractivity (Wildman–Crippen MR) is 131 cm³/mol. The molecule has 1 amide bonds. The molecule has 0 bridgehead atoms. The number of hydrogen-bond donors (Lipinski definition) is 1. The molecule has 8 heteroatoms. The molecule has 1 saturated heterocycles. The zero-order valence-electron chi connectivity index (χ0n) is 19.2. The van der Waals surface area contributed by atoms with Gasteiger partial charge in [0.1, 0.15) is 0 Å². The lowest BCUT2D eigenvalue weighted by molar-refractivity contribution is 0.0000675. The van der Waals surface area contributed by atoms with E-state index in [0.717, 1.165) is 35.1 Å². The molecule has 174 valence electrons. The van der Waals surface area contributed by atoms with E-state index < -0.39 is 5.60 Å². The van der Waals surface area contributed by atoms with Crippen molar-refractivity contribution in [3.8, 4) is 0 Å². The summed E-state index contributed by atoms with van der Waals surface area (Å²) in [6.07, 6.45) is 10.5. The first kappa shape index (κ1) is 22.0. The summed E-state index contributed by atoms with van der Waals surface area (Å²) in [5.74, 6) is -0.102. The van der Waals surface area contributed by atoms with E-state index in [0.29, 0.717) is 25.1 Å². The van der Waals surface area contributed by atoms with Gasteiger partial charge in [-0.05, 0) is 48.7 Å². The fourth-order valence-electron chi connectivity index (χ4n) is 4.77. The first-order chi connectivity index (χ1) is 16.5. The monoisotopic (exact) mass is 456 g/mol. The number of fused-ring (bicyclic) bond motifs is 1. The van der Waals surface area contributed by atoms with E-state index in [4.69, 9.17) is 0 Å². The highest BCUT2D eigenvalue weighted by Crippen LogP contribution is 2.31. The van der Waals surface area contributed by atoms with Crippen LogP contribution < -0.4 is 4.90 Å². The van der Waals surface area contributed by atoms with Crippen LogP contribution in [0.2, 0.25) is 0 Å². The van der Waals surface area contributed by atoms with E-state index in [1.54, 1.807) is 30.5 Å². The van der Waals surface area contributed by atoms with Gasteiger partial charge in [-0.2, -0.15) is 5.10 Å². The van der Waals surface area contributed by atoms with Crippen molar-refractivity contribution in [3.05, 3.63) is 84.6 Å². The second-order valence-electron chi connectivity index (χ2n) is 9.03. The molecule has 1 N–H and O–H groups in total. The Balaban J connectivity index is 1.27. The standard InChI is InChI=1S/C26H28N6O2/c1-30(25(33)21-6-4-20(5-7-21)17-32-15-3-11-29-32)18-26(34)10-2-14-31(19-26)24-9-13-28-23-8-12-27-16-22(23)24/h3-9,11-13,15-16,34H,2,10,14,17-19H2,1H3/t26-/m1/s1. The van der Waals surface area contributed by atoms with E-state index in [1.807, 2.05) is 59.5 Å². The number of amides is 1. The van der Waals surface area contributed by atoms with Gasteiger partial charge in [0.2, 0.25) is 0 Å². The summed E-state index contributed by atoms with van der Waals surface area (Å²) < 4.78 is 1.84. The third kappa shape index (κ3) is 4.63. The molecule has 0 aliphatic carbocycles. The van der Waals surface area contributed by atoms with E-state index in [2.05, 4.69) is 20.0 Å². The Kier molecular flexibility index (Phi) is 5.98. The summed E-state index contributed by atoms with van der Waals surface area (Å²) in [5.41, 5.74) is 2.57. The molecule has 3 aromatic heterocycles. The number of aliphatic hydroxyl groups is 1. The van der Waals surface area contributed by atoms with Crippen molar-refractivity contribution in [2.24, 2.45) is 0 Å². The Labute approximate surface area is 198 Å². The first-order valence-electron chi connectivity index (χ1n) is 11.5. The number of pyridine rings is 2. The van der Waals surface area contributed by atoms with Gasteiger partial charge >= 0.3 is 0 Å². The number of carbonyl (C=O) groups excluding carboxylic acids is 1. The molecule has 0 radical (unpaired) electrons. The number of piperidine rings is 1. The second-order valence-corrected chi connectivity index (χ2v) is 9.03. The number of likely N-dealkylation sites (N-methyl/N-ethyl adjacent to an activating group) is 1. The van der Waals surface area contributed by atoms with Gasteiger partial charge in [-0.25, -0.2) is 0 Å². The first-order valence-corrected chi connectivity index (χ1v) is 11.5. The van der Waals surface area contributed by atoms with E-state index >= 15 is 0 Å². The van der Waals surface area contributed by atoms with Gasteiger partial charge in [0, 0.05) is 67.8 Å². The van der Waals surface area contributed by atoms with E-state index in [9.17, 15) is 9.90 Å². The number of rotatable bonds is 6. The minimum atomic E-state index is -1.000. The van der Waals surface area contributed by atoms with Gasteiger partial charge in [0.25, 0.3) is 5.91 Å². The van der Waals surface area contributed by atoms with Crippen LogP contribution >= 0.6 is 0 Å². The third-order valence-corrected chi connectivity index (χ3v) is 6.40. The maximum atomic E-state index is 13.1. The SMILES string of the molecule is CN(C[C@]1(O)CCCN(c2ccnc3ccncc23)C1)C(=O)c1ccc(Cn2cccn2)cc1. The van der Waals surface area contributed by atoms with Crippen LogP contribution in [0.4, 0.5) is 5.69 Å². The average Bonchev–Trinajstić information content (AvgIpc) is 3.36. The van der Waals surface area contributed by atoms with Crippen LogP contribution in [0.3, 0.4) is 0 Å². The molecule has 4 heterocycles. The van der Waals surface area contributed by atoms with Crippen LogP contribution in [0.25, 0.3) is 10.9 Å². The summed E-state index contributed by atoms with van der Waals surface area (Å²) in [5, 5.41) is 16.6. The minimum Gasteiger partial charge on any atom is -0.386 e. The topological polar surface area (TPSA) is 87.4 Å². The number of benzene rings is 1. The van der Waals surface area contributed by atoms with Crippen molar-refractivity contribution in [2.45, 2.75) is 25.0 Å². The molecule has 5 rings (SSSR count). The lowest BCUT2D eigenvalue weighted by Crippen LogP contribution is -2.54. The average molecular weight is 457 g/mol. The summed E-state index contributed by atoms with van der Waals surface area (Å²) in [6.45, 7) is 2.21. The molecule has 4 aromatic rings. The van der Waals surface area contributed by atoms with Crippen LogP contribution in [0.5, 0.6) is 0 Å². The van der Waals surface area contributed by atoms with Crippen molar-refractivity contribution in [1.82, 2.24) is 24.6 Å². The smallest absolute Gasteiger partial charge is 0.253 e. The maximum Gasteiger partial charge on any atom is 0.253 e. The Bertz CT molecular complexity index is 1270. The van der Waals surface area contributed by atoms with E-state index in [1.165, 1.54) is 0 Å². The molecular formula is C26H28N6O2. The summed E-state index contributed by atoms with van der Waals surface area (Å²) >= 11 is 0. The number of carbonyl (C=O) groups is 1. The quantitative estimate of drug-likeness (QED) is 0.480. The van der Waals surface area contributed by atoms with Crippen LogP contribution in [0, 0.1) is 0 Å². The van der Waals surface area contributed by atoms with Gasteiger partial charge in [-0.15, -0.1) is 0 Å². The fourth-order valence-corrected chi connectivity index (χ4v) is 4.77. The van der Waals surface area contributed by atoms with Crippen LogP contribution in [0.1, 0.15) is 28.8 Å². The predicted octanol–water partition coefficient (Wildman–Crippen LogP) is 2.98. The van der Waals surface area contributed by atoms with Crippen LogP contribution in [0.15, 0.2) is 73.4 Å². The van der Waals surface area contributed by atoms with Crippen molar-refractivity contribution in [3.63, 3.8) is 0 Å². The summed E-state index contributed by atoms with van der Waals surface area (Å²) in [6, 6.07) is 13.3. The molecule has 1 atom stereocenters. The van der Waals surface area contributed by atoms with Crippen LogP contribution in [-0.4, -0.2) is 67.9 Å². The maximum absolute atomic E-state index is 13.1. The Morgan fingerprint density at radius 2 is 2.00 bits per heavy atom. The summed E-state index contributed by atoms with van der Waals surface area (Å²) in [4.78, 5) is 25.6. The molecule has 8 nitrogen and oxygen atoms in total. The third-order valence-electron chi connectivity index (χ3n) is 6.40. The highest BCUT2D eigenvalue weighted by Gasteiger charge is 2.36. The minimum absolute atomic E-state index is 0.102. The molecule has 1 aliphatic rings. The zero-order valence-corrected chi connectivity index (χ0v) is 19.2. The van der Waals surface area contributed by atoms with Gasteiger partial charge < -0.3 is 14.9 Å². The number of β-amino-alcohol motifs (C(OH)–C–C–N with tert-alkyl or cyclic N) is 1. The second kappa shape index (κ2) is 9.23. The Morgan fingerprint density at radius 3 is 2.79 bits per heavy atom. The van der Waals surface area contributed by atoms with Crippen LogP contribution in [-0.2, 0) is 6.54 Å². The van der Waals surface area contributed by atoms with E-state index in [-0.39, 0.29) is 12.5 Å². The van der Waals surface area contributed by atoms with Gasteiger partial charge in [0.05, 0.1) is 24.2 Å². The van der Waals surface area contributed by atoms with Gasteiger partial charge in [-0.3, -0.25) is 19.4 Å². The number of hydrogen-bond acceptors (Lipinski definition) is 6. The van der Waals surface area contributed by atoms with Crippen molar-refractivity contribution < 1.29 is 9.90 Å². The normalized spacial score (nSPS) is 18.2.